The lowest BCUT2D eigenvalue weighted by molar-refractivity contribution is -0.228. The normalized spacial score (nSPS) is 46.3. The van der Waals surface area contributed by atoms with E-state index in [-0.39, 0.29) is 16.2 Å². The van der Waals surface area contributed by atoms with Crippen molar-refractivity contribution in [3.05, 3.63) is 40.1 Å². The van der Waals surface area contributed by atoms with Gasteiger partial charge in [-0.1, -0.05) is 52.8 Å². The highest BCUT2D eigenvalue weighted by atomic mass is 32.1. The first kappa shape index (κ1) is 27.8. The number of aliphatic hydroxyl groups is 1. The Bertz CT molecular complexity index is 1220. The van der Waals surface area contributed by atoms with E-state index in [0.717, 1.165) is 11.3 Å². The second kappa shape index (κ2) is 8.81. The lowest BCUT2D eigenvalue weighted by Gasteiger charge is -2.72. The van der Waals surface area contributed by atoms with E-state index in [0.29, 0.717) is 51.9 Å². The van der Waals surface area contributed by atoms with Crippen molar-refractivity contribution < 1.29 is 15.0 Å². The van der Waals surface area contributed by atoms with E-state index in [2.05, 4.69) is 54.2 Å². The summed E-state index contributed by atoms with van der Waals surface area (Å²) in [6.45, 7) is 19.9. The van der Waals surface area contributed by atoms with Gasteiger partial charge in [0, 0.05) is 11.5 Å². The number of hydrogen-bond donors (Lipinski definition) is 2. The minimum atomic E-state index is -0.822. The molecule has 214 valence electrons. The highest BCUT2D eigenvalue weighted by Crippen LogP contribution is 2.77. The molecule has 4 fully saturated rings. The zero-order chi connectivity index (χ0) is 28.2. The van der Waals surface area contributed by atoms with Gasteiger partial charge in [0.15, 0.2) is 0 Å². The molecule has 0 radical (unpaired) electrons. The van der Waals surface area contributed by atoms with E-state index < -0.39 is 5.97 Å². The van der Waals surface area contributed by atoms with E-state index >= 15 is 0 Å². The third-order valence-electron chi connectivity index (χ3n) is 14.2. The van der Waals surface area contributed by atoms with Crippen LogP contribution in [0.5, 0.6) is 0 Å². The van der Waals surface area contributed by atoms with Gasteiger partial charge in [-0.15, -0.1) is 11.3 Å². The average Bonchev–Trinajstić information content (AvgIpc) is 3.50. The second-order valence-electron chi connectivity index (χ2n) is 15.7. The molecule has 4 saturated carbocycles. The molecule has 3 nitrogen and oxygen atoms in total. The topological polar surface area (TPSA) is 57.5 Å². The summed E-state index contributed by atoms with van der Waals surface area (Å²) in [5.74, 6) is 2.28. The largest absolute Gasteiger partial charge is 0.477 e. The van der Waals surface area contributed by atoms with Gasteiger partial charge in [0.05, 0.1) is 0 Å². The van der Waals surface area contributed by atoms with Gasteiger partial charge in [-0.2, -0.15) is 0 Å². The lowest BCUT2D eigenvalue weighted by atomic mass is 9.32. The molecule has 5 aliphatic rings. The maximum Gasteiger partial charge on any atom is 0.345 e. The van der Waals surface area contributed by atoms with Crippen LogP contribution in [0.3, 0.4) is 0 Å². The minimum Gasteiger partial charge on any atom is -0.477 e. The lowest BCUT2D eigenvalue weighted by Crippen LogP contribution is -2.65. The highest BCUT2D eigenvalue weighted by Gasteiger charge is 2.70. The van der Waals surface area contributed by atoms with Crippen molar-refractivity contribution in [2.45, 2.75) is 99.3 Å². The predicted molar refractivity (Wildman–Crippen MR) is 161 cm³/mol. The van der Waals surface area contributed by atoms with Crippen molar-refractivity contribution in [1.82, 2.24) is 0 Å². The van der Waals surface area contributed by atoms with E-state index in [9.17, 15) is 15.0 Å². The number of fused-ring (bicyclic) bond motifs is 7. The third-order valence-corrected chi connectivity index (χ3v) is 15.3. The Hall–Kier alpha value is -1.39. The van der Waals surface area contributed by atoms with Crippen LogP contribution in [-0.4, -0.2) is 22.8 Å². The molecule has 2 N–H and O–H groups in total. The monoisotopic (exact) mass is 550 g/mol. The molecule has 5 aliphatic carbocycles. The van der Waals surface area contributed by atoms with Crippen LogP contribution in [0.25, 0.3) is 5.57 Å². The fraction of sp³-hybridized carbons (Fsp3) is 0.743. The minimum absolute atomic E-state index is 0.0157. The first-order valence-electron chi connectivity index (χ1n) is 15.6. The molecule has 1 heterocycles. The predicted octanol–water partition coefficient (Wildman–Crippen LogP) is 9.09. The summed E-state index contributed by atoms with van der Waals surface area (Å²) in [4.78, 5) is 13.2. The SMILES string of the molecule is C=C(C)[C@@H]1CC[C@]2(CO)CC[C@]3(C)[C@H](CC[C@@H]4[C@@]5(C)CC=C(c6ccc(C(=O)O)s6)C(C)(C)[C@@H]5CC[C@]43C)[C@@H]12. The molecule has 1 aromatic heterocycles. The molecule has 0 aliphatic heterocycles. The summed E-state index contributed by atoms with van der Waals surface area (Å²) in [6, 6.07) is 3.82. The van der Waals surface area contributed by atoms with Crippen LogP contribution in [0.1, 0.15) is 114 Å². The van der Waals surface area contributed by atoms with Crippen LogP contribution in [0.15, 0.2) is 30.4 Å². The van der Waals surface area contributed by atoms with Crippen LogP contribution >= 0.6 is 11.3 Å². The van der Waals surface area contributed by atoms with Gasteiger partial charge in [-0.3, -0.25) is 0 Å². The van der Waals surface area contributed by atoms with Crippen molar-refractivity contribution >= 4 is 22.9 Å². The molecule has 4 heteroatoms. The Morgan fingerprint density at radius 2 is 1.72 bits per heavy atom. The number of carbonyl (C=O) groups is 1. The van der Waals surface area contributed by atoms with Crippen LogP contribution < -0.4 is 0 Å². The summed E-state index contributed by atoms with van der Waals surface area (Å²) < 4.78 is 0. The van der Waals surface area contributed by atoms with Gasteiger partial charge in [0.2, 0.25) is 0 Å². The van der Waals surface area contributed by atoms with Crippen LogP contribution in [-0.2, 0) is 0 Å². The molecular formula is C35H50O3S. The fourth-order valence-electron chi connectivity index (χ4n) is 12.2. The summed E-state index contributed by atoms with van der Waals surface area (Å²) in [5, 5.41) is 20.3. The average molecular weight is 551 g/mol. The van der Waals surface area contributed by atoms with Crippen LogP contribution in [0, 0.1) is 56.7 Å². The molecule has 0 aromatic carbocycles. The van der Waals surface area contributed by atoms with Crippen LogP contribution in [0.4, 0.5) is 0 Å². The standard InChI is InChI=1S/C35H50O3S/c1-21(2)22-12-17-35(20-36)19-18-33(6)24(29(22)35)8-11-28-32(5)15-13-23(25-9-10-26(39-25)30(37)38)31(3,4)27(32)14-16-34(28,33)7/h9-10,13,22,24,27-29,36H,1,8,11-12,14-20H2,2-7H3,(H,37,38)/t22-,24+,27-,28+,29+,32-,33+,34+,35+/m0/s1. The van der Waals surface area contributed by atoms with Crippen molar-refractivity contribution in [1.29, 1.82) is 0 Å². The zero-order valence-electron chi connectivity index (χ0n) is 25.1. The van der Waals surface area contributed by atoms with E-state index in [4.69, 9.17) is 0 Å². The number of allylic oxidation sites excluding steroid dienone is 3. The maximum absolute atomic E-state index is 11.6. The van der Waals surface area contributed by atoms with Gasteiger partial charge in [-0.25, -0.2) is 4.79 Å². The highest BCUT2D eigenvalue weighted by molar-refractivity contribution is 7.15. The zero-order valence-corrected chi connectivity index (χ0v) is 25.9. The number of hydrogen-bond acceptors (Lipinski definition) is 3. The Kier molecular flexibility index (Phi) is 6.27. The Morgan fingerprint density at radius 3 is 2.36 bits per heavy atom. The molecule has 0 bridgehead atoms. The van der Waals surface area contributed by atoms with E-state index in [1.807, 2.05) is 6.07 Å². The van der Waals surface area contributed by atoms with Crippen molar-refractivity contribution in [2.75, 3.05) is 6.61 Å². The number of rotatable bonds is 4. The fourth-order valence-corrected chi connectivity index (χ4v) is 13.2. The van der Waals surface area contributed by atoms with Crippen molar-refractivity contribution in [3.8, 4) is 0 Å². The number of aliphatic hydroxyl groups excluding tert-OH is 1. The number of carboxylic acid groups (broad SMARTS) is 1. The molecule has 1 aromatic rings. The Labute approximate surface area is 240 Å². The Balaban J connectivity index is 1.37. The summed E-state index contributed by atoms with van der Waals surface area (Å²) >= 11 is 1.44. The molecule has 0 amide bonds. The molecule has 0 unspecified atom stereocenters. The summed E-state index contributed by atoms with van der Waals surface area (Å²) in [5.41, 5.74) is 3.67. The van der Waals surface area contributed by atoms with E-state index in [1.54, 1.807) is 6.07 Å². The number of carboxylic acids is 1. The second-order valence-corrected chi connectivity index (χ2v) is 16.8. The molecular weight excluding hydrogens is 500 g/mol. The molecule has 39 heavy (non-hydrogen) atoms. The quantitative estimate of drug-likeness (QED) is 0.368. The summed E-state index contributed by atoms with van der Waals surface area (Å²) in [6.07, 6.45) is 13.5. The smallest absolute Gasteiger partial charge is 0.345 e. The van der Waals surface area contributed by atoms with Gasteiger partial charge in [0.25, 0.3) is 0 Å². The number of aromatic carboxylic acids is 1. The van der Waals surface area contributed by atoms with Crippen molar-refractivity contribution in [3.63, 3.8) is 0 Å². The Morgan fingerprint density at radius 1 is 0.974 bits per heavy atom. The van der Waals surface area contributed by atoms with Gasteiger partial charge < -0.3 is 10.2 Å². The van der Waals surface area contributed by atoms with Gasteiger partial charge >= 0.3 is 5.97 Å². The summed E-state index contributed by atoms with van der Waals surface area (Å²) in [7, 11) is 0. The molecule has 9 atom stereocenters. The van der Waals surface area contributed by atoms with Gasteiger partial charge in [0.1, 0.15) is 4.88 Å². The first-order valence-corrected chi connectivity index (χ1v) is 16.4. The molecule has 0 saturated heterocycles. The van der Waals surface area contributed by atoms with Crippen LogP contribution in [0.2, 0.25) is 0 Å². The number of thiophene rings is 1. The molecule has 6 rings (SSSR count). The van der Waals surface area contributed by atoms with E-state index in [1.165, 1.54) is 73.8 Å². The maximum atomic E-state index is 11.6. The van der Waals surface area contributed by atoms with Crippen molar-refractivity contribution in [2.24, 2.45) is 56.7 Å². The first-order chi connectivity index (χ1) is 18.2. The van der Waals surface area contributed by atoms with Gasteiger partial charge in [-0.05, 0) is 139 Å². The third kappa shape index (κ3) is 3.52. The molecule has 0 spiro atoms.